The molecule has 4 N–H and O–H groups in total. The number of hydrogen-bond donors (Lipinski definition) is 4. The van der Waals surface area contributed by atoms with Gasteiger partial charge in [0, 0.05) is 24.0 Å². The second kappa shape index (κ2) is 5.22. The third-order valence-electron chi connectivity index (χ3n) is 3.96. The first-order valence-corrected chi connectivity index (χ1v) is 7.46. The lowest BCUT2D eigenvalue weighted by Crippen LogP contribution is -2.27. The zero-order valence-corrected chi connectivity index (χ0v) is 12.0. The van der Waals surface area contributed by atoms with Gasteiger partial charge in [0.1, 0.15) is 17.2 Å². The van der Waals surface area contributed by atoms with Gasteiger partial charge in [-0.15, -0.1) is 0 Å². The molecule has 1 aliphatic carbocycles. The van der Waals surface area contributed by atoms with Crippen LogP contribution in [0.3, 0.4) is 0 Å². The summed E-state index contributed by atoms with van der Waals surface area (Å²) in [6.45, 7) is 0. The van der Waals surface area contributed by atoms with Gasteiger partial charge >= 0.3 is 0 Å². The van der Waals surface area contributed by atoms with Gasteiger partial charge in [0.15, 0.2) is 0 Å². The van der Waals surface area contributed by atoms with Crippen molar-refractivity contribution in [3.8, 4) is 5.75 Å². The maximum absolute atomic E-state index is 9.54. The summed E-state index contributed by atoms with van der Waals surface area (Å²) >= 11 is 0. The molecule has 1 saturated carbocycles. The fraction of sp³-hybridized carbons (Fsp3) is 0.250. The van der Waals surface area contributed by atoms with E-state index in [-0.39, 0.29) is 5.75 Å². The topological polar surface area (TPSA) is 85.9 Å². The maximum atomic E-state index is 9.54. The van der Waals surface area contributed by atoms with E-state index in [1.165, 1.54) is 19.3 Å². The Morgan fingerprint density at radius 1 is 1.18 bits per heavy atom. The van der Waals surface area contributed by atoms with Gasteiger partial charge in [0.25, 0.3) is 0 Å². The van der Waals surface area contributed by atoms with Crippen LogP contribution in [0.5, 0.6) is 5.75 Å². The van der Waals surface area contributed by atoms with Crippen molar-refractivity contribution in [3.05, 3.63) is 36.5 Å². The molecule has 0 aliphatic heterocycles. The van der Waals surface area contributed by atoms with Gasteiger partial charge in [-0.1, -0.05) is 6.07 Å². The monoisotopic (exact) mass is 295 g/mol. The van der Waals surface area contributed by atoms with Crippen LogP contribution >= 0.6 is 0 Å². The molecule has 6 heteroatoms. The van der Waals surface area contributed by atoms with E-state index in [2.05, 4.69) is 25.6 Å². The molecule has 1 aromatic carbocycles. The summed E-state index contributed by atoms with van der Waals surface area (Å²) in [5.41, 5.74) is 1.54. The Balaban J connectivity index is 1.68. The van der Waals surface area contributed by atoms with Crippen LogP contribution in [0.15, 0.2) is 36.5 Å². The molecule has 112 valence electrons. The summed E-state index contributed by atoms with van der Waals surface area (Å²) < 4.78 is 0. The smallest absolute Gasteiger partial charge is 0.231 e. The summed E-state index contributed by atoms with van der Waals surface area (Å²) in [6.07, 6.45) is 5.51. The summed E-state index contributed by atoms with van der Waals surface area (Å²) in [5.74, 6) is 1.56. The normalized spacial score (nSPS) is 14.7. The van der Waals surface area contributed by atoms with Gasteiger partial charge < -0.3 is 20.7 Å². The van der Waals surface area contributed by atoms with Crippen LogP contribution in [0.1, 0.15) is 19.3 Å². The number of fused-ring (bicyclic) bond motifs is 1. The molecule has 2 aromatic heterocycles. The number of phenolic OH excluding ortho intramolecular Hbond substituents is 1. The molecule has 0 saturated heterocycles. The Morgan fingerprint density at radius 2 is 2.09 bits per heavy atom. The standard InChI is InChI=1S/C16H17N5O/c22-12-6-2-5-11(9-12)19-16-20-14-13(7-8-17-14)15(21-16)18-10-3-1-4-10/h2,5-10,22H,1,3-4H2,(H3,17,18,19,20,21). The average molecular weight is 295 g/mol. The number of aromatic hydroxyl groups is 1. The molecule has 0 atom stereocenters. The average Bonchev–Trinajstić information content (AvgIpc) is 2.91. The maximum Gasteiger partial charge on any atom is 0.231 e. The summed E-state index contributed by atoms with van der Waals surface area (Å²) in [6, 6.07) is 9.39. The SMILES string of the molecule is Oc1cccc(Nc2nc(NC3CCC3)c3cc[nH]c3n2)c1. The predicted octanol–water partition coefficient (Wildman–Crippen LogP) is 3.37. The lowest BCUT2D eigenvalue weighted by Gasteiger charge is -2.27. The molecule has 1 aliphatic rings. The van der Waals surface area contributed by atoms with Crippen LogP contribution in [0, 0.1) is 0 Å². The van der Waals surface area contributed by atoms with Crippen molar-refractivity contribution in [2.45, 2.75) is 25.3 Å². The van der Waals surface area contributed by atoms with E-state index in [1.54, 1.807) is 18.2 Å². The van der Waals surface area contributed by atoms with Crippen LogP contribution in [0.4, 0.5) is 17.5 Å². The number of hydrogen-bond acceptors (Lipinski definition) is 5. The van der Waals surface area contributed by atoms with E-state index in [0.29, 0.717) is 12.0 Å². The number of H-pyrrole nitrogens is 1. The van der Waals surface area contributed by atoms with Crippen molar-refractivity contribution in [1.82, 2.24) is 15.0 Å². The van der Waals surface area contributed by atoms with Crippen LogP contribution in [0.2, 0.25) is 0 Å². The Hall–Kier alpha value is -2.76. The van der Waals surface area contributed by atoms with E-state index in [1.807, 2.05) is 18.3 Å². The Labute approximate surface area is 127 Å². The first kappa shape index (κ1) is 12.9. The number of benzene rings is 1. The largest absolute Gasteiger partial charge is 0.508 e. The van der Waals surface area contributed by atoms with Crippen molar-refractivity contribution in [2.75, 3.05) is 10.6 Å². The number of nitrogens with zero attached hydrogens (tertiary/aromatic N) is 2. The molecule has 0 unspecified atom stereocenters. The van der Waals surface area contributed by atoms with Gasteiger partial charge in [0.05, 0.1) is 5.39 Å². The molecule has 0 radical (unpaired) electrons. The number of phenols is 1. The minimum absolute atomic E-state index is 0.207. The number of rotatable bonds is 4. The highest BCUT2D eigenvalue weighted by Gasteiger charge is 2.19. The van der Waals surface area contributed by atoms with Crippen molar-refractivity contribution in [3.63, 3.8) is 0 Å². The molecule has 6 nitrogen and oxygen atoms in total. The summed E-state index contributed by atoms with van der Waals surface area (Å²) in [7, 11) is 0. The first-order valence-electron chi connectivity index (χ1n) is 7.46. The van der Waals surface area contributed by atoms with Crippen LogP contribution in [0.25, 0.3) is 11.0 Å². The number of nitrogens with one attached hydrogen (secondary N) is 3. The molecule has 1 fully saturated rings. The Morgan fingerprint density at radius 3 is 2.86 bits per heavy atom. The molecule has 3 aromatic rings. The molecular weight excluding hydrogens is 278 g/mol. The number of aromatic amines is 1. The van der Waals surface area contributed by atoms with Crippen LogP contribution in [-0.4, -0.2) is 26.1 Å². The molecule has 22 heavy (non-hydrogen) atoms. The van der Waals surface area contributed by atoms with Crippen molar-refractivity contribution < 1.29 is 5.11 Å². The van der Waals surface area contributed by atoms with E-state index in [4.69, 9.17) is 0 Å². The number of aromatic nitrogens is 3. The van der Waals surface area contributed by atoms with Crippen molar-refractivity contribution in [2.24, 2.45) is 0 Å². The van der Waals surface area contributed by atoms with Crippen LogP contribution in [-0.2, 0) is 0 Å². The highest BCUT2D eigenvalue weighted by molar-refractivity contribution is 5.88. The summed E-state index contributed by atoms with van der Waals surface area (Å²) in [4.78, 5) is 12.2. The van der Waals surface area contributed by atoms with Crippen LogP contribution < -0.4 is 10.6 Å². The highest BCUT2D eigenvalue weighted by Crippen LogP contribution is 2.28. The second-order valence-corrected chi connectivity index (χ2v) is 5.58. The molecule has 0 amide bonds. The molecule has 4 rings (SSSR count). The van der Waals surface area contributed by atoms with Gasteiger partial charge in [-0.25, -0.2) is 0 Å². The minimum Gasteiger partial charge on any atom is -0.508 e. The number of anilines is 3. The highest BCUT2D eigenvalue weighted by atomic mass is 16.3. The molecule has 0 bridgehead atoms. The fourth-order valence-electron chi connectivity index (χ4n) is 2.57. The van der Waals surface area contributed by atoms with Gasteiger partial charge in [-0.2, -0.15) is 9.97 Å². The fourth-order valence-corrected chi connectivity index (χ4v) is 2.57. The van der Waals surface area contributed by atoms with Gasteiger partial charge in [-0.3, -0.25) is 0 Å². The lowest BCUT2D eigenvalue weighted by atomic mass is 9.93. The molecule has 0 spiro atoms. The molecule has 2 heterocycles. The lowest BCUT2D eigenvalue weighted by molar-refractivity contribution is 0.445. The third-order valence-corrected chi connectivity index (χ3v) is 3.96. The quantitative estimate of drug-likeness (QED) is 0.593. The summed E-state index contributed by atoms with van der Waals surface area (Å²) in [5, 5.41) is 17.2. The van der Waals surface area contributed by atoms with E-state index in [9.17, 15) is 5.11 Å². The zero-order chi connectivity index (χ0) is 14.9. The molecular formula is C16H17N5O. The minimum atomic E-state index is 0.207. The Bertz CT molecular complexity index is 809. The van der Waals surface area contributed by atoms with E-state index in [0.717, 1.165) is 22.5 Å². The van der Waals surface area contributed by atoms with Gasteiger partial charge in [0.2, 0.25) is 5.95 Å². The third kappa shape index (κ3) is 2.43. The first-order chi connectivity index (χ1) is 10.8. The van der Waals surface area contributed by atoms with Gasteiger partial charge in [-0.05, 0) is 37.5 Å². The Kier molecular flexibility index (Phi) is 3.07. The second-order valence-electron chi connectivity index (χ2n) is 5.58. The van der Waals surface area contributed by atoms with E-state index < -0.39 is 0 Å². The van der Waals surface area contributed by atoms with E-state index >= 15 is 0 Å². The van der Waals surface area contributed by atoms with Crippen molar-refractivity contribution in [1.29, 1.82) is 0 Å². The predicted molar refractivity (Wildman–Crippen MR) is 86.5 cm³/mol. The zero-order valence-electron chi connectivity index (χ0n) is 12.0. The van der Waals surface area contributed by atoms with Crippen molar-refractivity contribution >= 4 is 28.5 Å².